The molecule has 6 nitrogen and oxygen atoms in total. The van der Waals surface area contributed by atoms with Gasteiger partial charge in [-0.2, -0.15) is 13.2 Å². The van der Waals surface area contributed by atoms with Gasteiger partial charge in [0.2, 0.25) is 11.2 Å². The van der Waals surface area contributed by atoms with Crippen molar-refractivity contribution in [1.82, 2.24) is 0 Å². The molecular weight excluding hydrogens is 501 g/mol. The fourth-order valence-electron chi connectivity index (χ4n) is 3.50. The zero-order chi connectivity index (χ0) is 26.2. The normalized spacial score (nSPS) is 11.4. The van der Waals surface area contributed by atoms with E-state index in [2.05, 4.69) is 0 Å². The summed E-state index contributed by atoms with van der Waals surface area (Å²) in [5.41, 5.74) is -0.191. The first-order chi connectivity index (χ1) is 17.0. The predicted molar refractivity (Wildman–Crippen MR) is 126 cm³/mol. The van der Waals surface area contributed by atoms with Crippen molar-refractivity contribution in [3.05, 3.63) is 92.3 Å². The number of ether oxygens (including phenoxy) is 3. The van der Waals surface area contributed by atoms with Crippen LogP contribution in [0, 0.1) is 13.8 Å². The third-order valence-corrected chi connectivity index (χ3v) is 5.82. The van der Waals surface area contributed by atoms with Gasteiger partial charge >= 0.3 is 12.1 Å². The fraction of sp³-hybridized carbons (Fsp3) is 0.154. The Labute approximate surface area is 207 Å². The number of esters is 1. The zero-order valence-electron chi connectivity index (χ0n) is 19.2. The number of fused-ring (bicyclic) bond motifs is 1. The van der Waals surface area contributed by atoms with Gasteiger partial charge in [-0.15, -0.1) is 0 Å². The largest absolute Gasteiger partial charge is 0.497 e. The molecule has 0 saturated heterocycles. The van der Waals surface area contributed by atoms with Crippen molar-refractivity contribution < 1.29 is 36.6 Å². The van der Waals surface area contributed by atoms with Crippen molar-refractivity contribution in [2.75, 3.05) is 7.11 Å². The van der Waals surface area contributed by atoms with E-state index < -0.39 is 34.7 Å². The molecule has 1 heterocycles. The molecule has 0 saturated carbocycles. The number of halogens is 4. The Bertz CT molecular complexity index is 1520. The topological polar surface area (TPSA) is 75.0 Å². The van der Waals surface area contributed by atoms with E-state index in [9.17, 15) is 22.8 Å². The minimum absolute atomic E-state index is 0.00427. The Kier molecular flexibility index (Phi) is 6.69. The number of benzene rings is 3. The van der Waals surface area contributed by atoms with E-state index in [4.69, 9.17) is 30.2 Å². The molecule has 0 spiro atoms. The van der Waals surface area contributed by atoms with Crippen molar-refractivity contribution in [3.63, 3.8) is 0 Å². The quantitative estimate of drug-likeness (QED) is 0.207. The molecule has 4 rings (SSSR count). The van der Waals surface area contributed by atoms with Gasteiger partial charge in [-0.05, 0) is 67.4 Å². The van der Waals surface area contributed by atoms with Gasteiger partial charge in [0, 0.05) is 11.1 Å². The molecule has 0 atom stereocenters. The second kappa shape index (κ2) is 9.58. The van der Waals surface area contributed by atoms with E-state index in [1.54, 1.807) is 26.0 Å². The maximum Gasteiger partial charge on any atom is 0.453 e. The lowest BCUT2D eigenvalue weighted by molar-refractivity contribution is -0.154. The molecule has 0 bridgehead atoms. The SMILES string of the molecule is COc1cccc(C(=O)Oc2ccc3c(=O)c(Oc4cc(C)c(Cl)c(C)c4)c(C(F)(F)F)oc3c2)c1. The molecule has 1 aromatic heterocycles. The Hall–Kier alpha value is -3.98. The van der Waals surface area contributed by atoms with E-state index in [1.165, 1.54) is 43.5 Å². The Morgan fingerprint density at radius 3 is 2.28 bits per heavy atom. The average Bonchev–Trinajstić information content (AvgIpc) is 2.83. The maximum atomic E-state index is 13.9. The summed E-state index contributed by atoms with van der Waals surface area (Å²) in [7, 11) is 1.43. The number of alkyl halides is 3. The van der Waals surface area contributed by atoms with Crippen molar-refractivity contribution in [3.8, 4) is 23.0 Å². The first-order valence-electron chi connectivity index (χ1n) is 10.5. The summed E-state index contributed by atoms with van der Waals surface area (Å²) >= 11 is 6.11. The smallest absolute Gasteiger partial charge is 0.453 e. The van der Waals surface area contributed by atoms with Gasteiger partial charge in [-0.3, -0.25) is 4.79 Å². The second-order valence-electron chi connectivity index (χ2n) is 7.84. The van der Waals surface area contributed by atoms with Crippen LogP contribution < -0.4 is 19.6 Å². The average molecular weight is 519 g/mol. The highest BCUT2D eigenvalue weighted by Crippen LogP contribution is 2.39. The molecule has 10 heteroatoms. The molecule has 0 unspecified atom stereocenters. The number of hydrogen-bond acceptors (Lipinski definition) is 6. The van der Waals surface area contributed by atoms with Crippen LogP contribution in [0.25, 0.3) is 11.0 Å². The van der Waals surface area contributed by atoms with Gasteiger partial charge in [-0.1, -0.05) is 17.7 Å². The summed E-state index contributed by atoms with van der Waals surface area (Å²) in [5.74, 6) is -3.12. The molecular formula is C26H18ClF3O6. The molecule has 0 fully saturated rings. The molecule has 0 aliphatic heterocycles. The van der Waals surface area contributed by atoms with Crippen LogP contribution in [0.2, 0.25) is 5.02 Å². The van der Waals surface area contributed by atoms with Crippen LogP contribution in [0.5, 0.6) is 23.0 Å². The predicted octanol–water partition coefficient (Wildman–Crippen LogP) is 7.10. The number of hydrogen-bond donors (Lipinski definition) is 0. The number of methoxy groups -OCH3 is 1. The van der Waals surface area contributed by atoms with Gasteiger partial charge in [-0.25, -0.2) is 4.79 Å². The van der Waals surface area contributed by atoms with Crippen molar-refractivity contribution in [1.29, 1.82) is 0 Å². The molecule has 0 amide bonds. The Morgan fingerprint density at radius 1 is 0.944 bits per heavy atom. The lowest BCUT2D eigenvalue weighted by atomic mass is 10.1. The molecule has 3 aromatic carbocycles. The summed E-state index contributed by atoms with van der Waals surface area (Å²) in [6.07, 6.45) is -5.05. The highest BCUT2D eigenvalue weighted by Gasteiger charge is 2.40. The molecule has 186 valence electrons. The number of rotatable bonds is 5. The van der Waals surface area contributed by atoms with Crippen LogP contribution in [-0.4, -0.2) is 13.1 Å². The maximum absolute atomic E-state index is 13.9. The van der Waals surface area contributed by atoms with Gasteiger partial charge < -0.3 is 18.6 Å². The molecule has 4 aromatic rings. The summed E-state index contributed by atoms with van der Waals surface area (Å²) in [6.45, 7) is 3.31. The molecule has 0 aliphatic rings. The van der Waals surface area contributed by atoms with Crippen LogP contribution in [0.3, 0.4) is 0 Å². The third-order valence-electron chi connectivity index (χ3n) is 5.23. The zero-order valence-corrected chi connectivity index (χ0v) is 19.9. The highest BCUT2D eigenvalue weighted by molar-refractivity contribution is 6.32. The monoisotopic (exact) mass is 518 g/mol. The standard InChI is InChI=1S/C26H18ClF3O6/c1-13-9-18(10-14(2)21(13)27)34-23-22(31)19-8-7-17(12-20(19)36-24(23)26(28,29)30)35-25(32)15-5-4-6-16(11-15)33-3/h4-12H,1-3H3. The minimum atomic E-state index is -5.05. The van der Waals surface area contributed by atoms with E-state index in [-0.39, 0.29) is 22.4 Å². The number of aryl methyl sites for hydroxylation is 2. The molecule has 0 N–H and O–H groups in total. The van der Waals surface area contributed by atoms with Gasteiger partial charge in [0.15, 0.2) is 0 Å². The Balaban J connectivity index is 1.75. The third kappa shape index (κ3) is 5.01. The highest BCUT2D eigenvalue weighted by atomic mass is 35.5. The van der Waals surface area contributed by atoms with Crippen LogP contribution >= 0.6 is 11.6 Å². The number of carbonyl (C=O) groups is 1. The van der Waals surface area contributed by atoms with Crippen molar-refractivity contribution in [2.45, 2.75) is 20.0 Å². The van der Waals surface area contributed by atoms with Gasteiger partial charge in [0.1, 0.15) is 22.8 Å². The fourth-order valence-corrected chi connectivity index (χ4v) is 3.61. The van der Waals surface area contributed by atoms with E-state index in [0.29, 0.717) is 21.9 Å². The molecule has 0 radical (unpaired) electrons. The summed E-state index contributed by atoms with van der Waals surface area (Å²) in [4.78, 5) is 25.5. The lowest BCUT2D eigenvalue weighted by Gasteiger charge is -2.15. The first kappa shape index (κ1) is 25.1. The first-order valence-corrected chi connectivity index (χ1v) is 10.8. The van der Waals surface area contributed by atoms with E-state index >= 15 is 0 Å². The molecule has 0 aliphatic carbocycles. The van der Waals surface area contributed by atoms with Crippen molar-refractivity contribution >= 4 is 28.5 Å². The second-order valence-corrected chi connectivity index (χ2v) is 8.22. The number of carbonyl (C=O) groups excluding carboxylic acids is 1. The summed E-state index contributed by atoms with van der Waals surface area (Å²) < 4.78 is 62.3. The summed E-state index contributed by atoms with van der Waals surface area (Å²) in [6, 6.07) is 12.5. The van der Waals surface area contributed by atoms with Crippen molar-refractivity contribution in [2.24, 2.45) is 0 Å². The van der Waals surface area contributed by atoms with Crippen LogP contribution in [0.15, 0.2) is 63.8 Å². The minimum Gasteiger partial charge on any atom is -0.497 e. The van der Waals surface area contributed by atoms with E-state index in [0.717, 1.165) is 6.07 Å². The van der Waals surface area contributed by atoms with Crippen LogP contribution in [0.1, 0.15) is 27.2 Å². The van der Waals surface area contributed by atoms with Gasteiger partial charge in [0.25, 0.3) is 5.76 Å². The lowest BCUT2D eigenvalue weighted by Crippen LogP contribution is -2.16. The van der Waals surface area contributed by atoms with Crippen LogP contribution in [0.4, 0.5) is 13.2 Å². The van der Waals surface area contributed by atoms with Gasteiger partial charge in [0.05, 0.1) is 18.1 Å². The summed E-state index contributed by atoms with van der Waals surface area (Å²) in [5, 5.41) is 0.238. The van der Waals surface area contributed by atoms with Crippen LogP contribution in [-0.2, 0) is 6.18 Å². The Morgan fingerprint density at radius 2 is 1.64 bits per heavy atom. The van der Waals surface area contributed by atoms with E-state index in [1.807, 2.05) is 0 Å². The molecule has 36 heavy (non-hydrogen) atoms.